The van der Waals surface area contributed by atoms with Crippen LogP contribution in [0.3, 0.4) is 0 Å². The molecule has 1 aliphatic heterocycles. The molecule has 0 radical (unpaired) electrons. The number of carbonyl (C=O) groups excluding carboxylic acids is 3. The smallest absolute Gasteiger partial charge is 0.311 e. The largest absolute Gasteiger partial charge is 0.436 e. The molecule has 0 aliphatic carbocycles. The van der Waals surface area contributed by atoms with Gasteiger partial charge in [-0.3, -0.25) is 14.9 Å². The Bertz CT molecular complexity index is 958. The minimum Gasteiger partial charge on any atom is -0.311 e. The molecule has 3 aromatic rings. The quantitative estimate of drug-likeness (QED) is 0.574. The summed E-state index contributed by atoms with van der Waals surface area (Å²) in [5, 5.41) is 6.83. The lowest BCUT2D eigenvalue weighted by Crippen LogP contribution is -2.34. The Hall–Kier alpha value is -3.41. The molecule has 0 aromatic heterocycles. The van der Waals surface area contributed by atoms with Gasteiger partial charge in [-0.15, -0.1) is 5.06 Å². The van der Waals surface area contributed by atoms with Crippen molar-refractivity contribution in [1.29, 1.82) is 0 Å². The summed E-state index contributed by atoms with van der Waals surface area (Å²) in [6.45, 7) is 0. The second-order valence-electron chi connectivity index (χ2n) is 5.78. The Balaban J connectivity index is 1.73. The van der Waals surface area contributed by atoms with Crippen LogP contribution in [0.15, 0.2) is 54.6 Å². The number of hydrogen-bond acceptors (Lipinski definition) is 4. The summed E-state index contributed by atoms with van der Waals surface area (Å²) in [4.78, 5) is 40.4. The summed E-state index contributed by atoms with van der Waals surface area (Å²) in [5.74, 6) is -1.02. The van der Waals surface area contributed by atoms with E-state index < -0.39 is 17.9 Å². The molecule has 0 unspecified atom stereocenters. The van der Waals surface area contributed by atoms with E-state index in [9.17, 15) is 14.4 Å². The highest BCUT2D eigenvalue weighted by atomic mass is 16.7. The monoisotopic (exact) mass is 334 g/mol. The maximum absolute atomic E-state index is 12.3. The number of rotatable bonds is 2. The van der Waals surface area contributed by atoms with Gasteiger partial charge in [0.1, 0.15) is 0 Å². The third-order valence-electron chi connectivity index (χ3n) is 4.18. The van der Waals surface area contributed by atoms with E-state index in [-0.39, 0.29) is 12.8 Å². The molecule has 0 bridgehead atoms. The van der Waals surface area contributed by atoms with Crippen LogP contribution in [0, 0.1) is 0 Å². The maximum atomic E-state index is 12.3. The fourth-order valence-electron chi connectivity index (χ4n) is 3.01. The van der Waals surface area contributed by atoms with Crippen molar-refractivity contribution in [3.63, 3.8) is 0 Å². The molecule has 0 spiro atoms. The highest BCUT2D eigenvalue weighted by molar-refractivity contribution is 6.14. The number of hydroxylamine groups is 2. The average molecular weight is 334 g/mol. The fraction of sp³-hybridized carbons (Fsp3) is 0.105. The van der Waals surface area contributed by atoms with Crippen LogP contribution < -0.4 is 5.32 Å². The molecular formula is C19H14N2O4. The number of nitrogens with zero attached hydrogens (tertiary/aromatic N) is 1. The number of imide groups is 1. The molecule has 1 fully saturated rings. The summed E-state index contributed by atoms with van der Waals surface area (Å²) in [7, 11) is 0. The van der Waals surface area contributed by atoms with Gasteiger partial charge >= 0.3 is 6.09 Å². The van der Waals surface area contributed by atoms with Crippen LogP contribution in [0.1, 0.15) is 12.8 Å². The van der Waals surface area contributed by atoms with E-state index in [0.29, 0.717) is 10.8 Å². The third kappa shape index (κ3) is 2.67. The van der Waals surface area contributed by atoms with Crippen molar-refractivity contribution in [2.45, 2.75) is 12.8 Å². The molecule has 6 heteroatoms. The van der Waals surface area contributed by atoms with Crippen LogP contribution in [-0.4, -0.2) is 23.0 Å². The number of carbonyl (C=O) groups is 3. The van der Waals surface area contributed by atoms with Crippen LogP contribution in [-0.2, 0) is 14.4 Å². The zero-order valence-electron chi connectivity index (χ0n) is 13.2. The van der Waals surface area contributed by atoms with E-state index >= 15 is 0 Å². The lowest BCUT2D eigenvalue weighted by molar-refractivity contribution is -0.170. The van der Waals surface area contributed by atoms with Crippen LogP contribution in [0.25, 0.3) is 21.5 Å². The van der Waals surface area contributed by atoms with Crippen molar-refractivity contribution in [2.75, 3.05) is 5.32 Å². The molecule has 1 aliphatic rings. The van der Waals surface area contributed by atoms with E-state index in [1.54, 1.807) is 0 Å². The van der Waals surface area contributed by atoms with Crippen LogP contribution in [0.2, 0.25) is 0 Å². The van der Waals surface area contributed by atoms with Crippen molar-refractivity contribution in [3.05, 3.63) is 54.6 Å². The van der Waals surface area contributed by atoms with Gasteiger partial charge in [0, 0.05) is 23.6 Å². The Morgan fingerprint density at radius 1 is 0.880 bits per heavy atom. The standard InChI is InChI=1S/C19H14N2O4/c22-16-9-10-17(23)21(16)25-19(24)20-18-14-7-3-1-5-12(14)11-13-6-2-4-8-15(13)18/h1-8,11H,9-10H2,(H,20,24). The Morgan fingerprint density at radius 2 is 1.40 bits per heavy atom. The van der Waals surface area contributed by atoms with E-state index in [1.807, 2.05) is 54.6 Å². The zero-order chi connectivity index (χ0) is 17.4. The number of hydrogen-bond donors (Lipinski definition) is 1. The molecule has 1 saturated heterocycles. The molecule has 25 heavy (non-hydrogen) atoms. The zero-order valence-corrected chi connectivity index (χ0v) is 13.2. The number of fused-ring (bicyclic) bond motifs is 2. The second-order valence-corrected chi connectivity index (χ2v) is 5.78. The normalized spacial score (nSPS) is 14.3. The van der Waals surface area contributed by atoms with E-state index in [1.165, 1.54) is 0 Å². The first-order valence-corrected chi connectivity index (χ1v) is 7.89. The Morgan fingerprint density at radius 3 is 1.96 bits per heavy atom. The van der Waals surface area contributed by atoms with Crippen molar-refractivity contribution in [2.24, 2.45) is 0 Å². The van der Waals surface area contributed by atoms with Gasteiger partial charge in [-0.05, 0) is 16.8 Å². The van der Waals surface area contributed by atoms with Gasteiger partial charge in [0.05, 0.1) is 5.69 Å². The first-order valence-electron chi connectivity index (χ1n) is 7.89. The predicted octanol–water partition coefficient (Wildman–Crippen LogP) is 3.61. The maximum Gasteiger partial charge on any atom is 0.436 e. The van der Waals surface area contributed by atoms with E-state index in [4.69, 9.17) is 4.84 Å². The lowest BCUT2D eigenvalue weighted by Gasteiger charge is -2.16. The number of amides is 3. The predicted molar refractivity (Wildman–Crippen MR) is 92.6 cm³/mol. The summed E-state index contributed by atoms with van der Waals surface area (Å²) in [6.07, 6.45) is -0.753. The molecule has 0 atom stereocenters. The summed E-state index contributed by atoms with van der Waals surface area (Å²) in [6, 6.07) is 17.3. The molecule has 0 saturated carbocycles. The molecular weight excluding hydrogens is 320 g/mol. The first-order chi connectivity index (χ1) is 12.1. The molecule has 3 aromatic carbocycles. The van der Waals surface area contributed by atoms with Crippen LogP contribution in [0.4, 0.5) is 10.5 Å². The van der Waals surface area contributed by atoms with Gasteiger partial charge < -0.3 is 4.84 Å². The number of benzene rings is 3. The summed E-state index contributed by atoms with van der Waals surface area (Å²) in [5.41, 5.74) is 0.581. The summed E-state index contributed by atoms with van der Waals surface area (Å²) < 4.78 is 0. The first kappa shape index (κ1) is 15.1. The Labute approximate surface area is 142 Å². The van der Waals surface area contributed by atoms with E-state index in [0.717, 1.165) is 21.5 Å². The molecule has 1 N–H and O–H groups in total. The minimum atomic E-state index is -0.870. The van der Waals surface area contributed by atoms with E-state index in [2.05, 4.69) is 5.32 Å². The van der Waals surface area contributed by atoms with Gasteiger partial charge in [-0.25, -0.2) is 4.79 Å². The Kier molecular flexibility index (Phi) is 3.57. The molecule has 1 heterocycles. The number of anilines is 1. The lowest BCUT2D eigenvalue weighted by atomic mass is 10.0. The van der Waals surface area contributed by atoms with Crippen LogP contribution in [0.5, 0.6) is 0 Å². The van der Waals surface area contributed by atoms with Crippen molar-refractivity contribution in [1.82, 2.24) is 5.06 Å². The summed E-state index contributed by atoms with van der Waals surface area (Å²) >= 11 is 0. The fourth-order valence-corrected chi connectivity index (χ4v) is 3.01. The van der Waals surface area contributed by atoms with Gasteiger partial charge in [0.15, 0.2) is 0 Å². The van der Waals surface area contributed by atoms with Crippen LogP contribution >= 0.6 is 0 Å². The average Bonchev–Trinajstić information content (AvgIpc) is 2.93. The highest BCUT2D eigenvalue weighted by Crippen LogP contribution is 2.33. The second kappa shape index (κ2) is 5.90. The van der Waals surface area contributed by atoms with Crippen molar-refractivity contribution < 1.29 is 19.2 Å². The SMILES string of the molecule is O=C(Nc1c2ccccc2cc2ccccc12)ON1C(=O)CCC1=O. The third-order valence-corrected chi connectivity index (χ3v) is 4.18. The topological polar surface area (TPSA) is 75.7 Å². The van der Waals surface area contributed by atoms with Gasteiger partial charge in [-0.1, -0.05) is 48.5 Å². The van der Waals surface area contributed by atoms with Gasteiger partial charge in [0.2, 0.25) is 0 Å². The molecule has 124 valence electrons. The minimum absolute atomic E-state index is 0.0588. The van der Waals surface area contributed by atoms with Crippen molar-refractivity contribution >= 4 is 45.1 Å². The number of nitrogens with one attached hydrogen (secondary N) is 1. The molecule has 6 nitrogen and oxygen atoms in total. The molecule has 4 rings (SSSR count). The highest BCUT2D eigenvalue weighted by Gasteiger charge is 2.33. The van der Waals surface area contributed by atoms with Gasteiger partial charge in [0.25, 0.3) is 11.8 Å². The van der Waals surface area contributed by atoms with Gasteiger partial charge in [-0.2, -0.15) is 0 Å². The van der Waals surface area contributed by atoms with Crippen molar-refractivity contribution in [3.8, 4) is 0 Å². The molecule has 3 amide bonds.